The molecule has 0 aliphatic heterocycles. The number of phenols is 1. The van der Waals surface area contributed by atoms with Gasteiger partial charge in [-0.05, 0) is 56.3 Å². The third kappa shape index (κ3) is 3.92. The van der Waals surface area contributed by atoms with Gasteiger partial charge in [-0.1, -0.05) is 11.6 Å². The van der Waals surface area contributed by atoms with Crippen LogP contribution in [0, 0.1) is 0 Å². The molecule has 0 aliphatic rings. The summed E-state index contributed by atoms with van der Waals surface area (Å²) in [4.78, 5) is 4.38. The Morgan fingerprint density at radius 1 is 1.08 bits per heavy atom. The van der Waals surface area contributed by atoms with E-state index in [0.29, 0.717) is 10.8 Å². The zero-order chi connectivity index (χ0) is 18.7. The Kier molecular flexibility index (Phi) is 5.35. The predicted octanol–water partition coefficient (Wildman–Crippen LogP) is 5.32. The first-order valence-corrected chi connectivity index (χ1v) is 9.28. The smallest absolute Gasteiger partial charge is 0.124 e. The van der Waals surface area contributed by atoms with Gasteiger partial charge in [-0.25, -0.2) is 0 Å². The van der Waals surface area contributed by atoms with Gasteiger partial charge >= 0.3 is 0 Å². The van der Waals surface area contributed by atoms with Crippen molar-refractivity contribution >= 4 is 33.9 Å². The highest BCUT2D eigenvalue weighted by atomic mass is 35.5. The fraction of sp³-hybridized carbons (Fsp3) is 0.286. The van der Waals surface area contributed by atoms with E-state index in [-0.39, 0.29) is 0 Å². The molecule has 26 heavy (non-hydrogen) atoms. The molecule has 4 nitrogen and oxygen atoms in total. The highest BCUT2D eigenvalue weighted by Gasteiger charge is 2.19. The Bertz CT molecular complexity index is 922. The number of fused-ring (bicyclic) bond motifs is 1. The molecule has 136 valence electrons. The van der Waals surface area contributed by atoms with E-state index in [1.807, 2.05) is 36.4 Å². The maximum absolute atomic E-state index is 10.3. The van der Waals surface area contributed by atoms with Gasteiger partial charge in [0.25, 0.3) is 0 Å². The molecule has 3 rings (SSSR count). The van der Waals surface area contributed by atoms with Crippen LogP contribution in [0.1, 0.15) is 19.4 Å². The molecule has 5 heteroatoms. The molecule has 1 aromatic heterocycles. The number of phenolic OH excluding ortho intramolecular Hbond substituents is 1. The summed E-state index contributed by atoms with van der Waals surface area (Å²) in [7, 11) is 2.21. The first kappa shape index (κ1) is 18.5. The molecule has 0 spiro atoms. The fourth-order valence-electron chi connectivity index (χ4n) is 3.03. The van der Waals surface area contributed by atoms with Crippen molar-refractivity contribution in [2.75, 3.05) is 25.5 Å². The summed E-state index contributed by atoms with van der Waals surface area (Å²) in [6.45, 7) is 7.18. The van der Waals surface area contributed by atoms with Crippen molar-refractivity contribution in [3.05, 3.63) is 59.2 Å². The number of rotatable bonds is 6. The maximum atomic E-state index is 10.3. The molecule has 0 saturated carbocycles. The fourth-order valence-corrected chi connectivity index (χ4v) is 3.20. The molecule has 0 fully saturated rings. The molecular formula is C21H25ClN3O+. The van der Waals surface area contributed by atoms with Crippen LogP contribution < -0.4 is 5.32 Å². The number of quaternary nitrogens is 1. The highest BCUT2D eigenvalue weighted by Crippen LogP contribution is 2.30. The quantitative estimate of drug-likeness (QED) is 0.455. The van der Waals surface area contributed by atoms with Gasteiger partial charge in [-0.2, -0.15) is 0 Å². The average Bonchev–Trinajstić information content (AvgIpc) is 2.64. The van der Waals surface area contributed by atoms with Gasteiger partial charge in [-0.3, -0.25) is 4.98 Å². The van der Waals surface area contributed by atoms with Crippen LogP contribution in [0.3, 0.4) is 0 Å². The van der Waals surface area contributed by atoms with E-state index in [1.165, 1.54) is 0 Å². The van der Waals surface area contributed by atoms with Crippen LogP contribution in [-0.4, -0.2) is 34.7 Å². The number of anilines is 2. The summed E-state index contributed by atoms with van der Waals surface area (Å²) in [5, 5.41) is 15.4. The van der Waals surface area contributed by atoms with E-state index < -0.39 is 0 Å². The normalized spacial score (nSPS) is 11.7. The SMILES string of the molecule is CC[N+](C)(CC)Cc1cc(Nc2ccnc3cc(Cl)ccc23)ccc1O. The third-order valence-corrected chi connectivity index (χ3v) is 5.38. The molecule has 2 aromatic carbocycles. The second-order valence-electron chi connectivity index (χ2n) is 6.90. The highest BCUT2D eigenvalue weighted by molar-refractivity contribution is 6.31. The summed E-state index contributed by atoms with van der Waals surface area (Å²) in [5.41, 5.74) is 3.70. The molecule has 0 unspecified atom stereocenters. The van der Waals surface area contributed by atoms with Gasteiger partial charge in [0, 0.05) is 28.0 Å². The van der Waals surface area contributed by atoms with Crippen LogP contribution >= 0.6 is 11.6 Å². The minimum absolute atomic E-state index is 0.341. The van der Waals surface area contributed by atoms with Crippen molar-refractivity contribution in [1.29, 1.82) is 0 Å². The Labute approximate surface area is 159 Å². The van der Waals surface area contributed by atoms with E-state index in [2.05, 4.69) is 31.2 Å². The summed E-state index contributed by atoms with van der Waals surface area (Å²) < 4.78 is 0.883. The first-order valence-electron chi connectivity index (χ1n) is 8.91. The maximum Gasteiger partial charge on any atom is 0.124 e. The van der Waals surface area contributed by atoms with E-state index >= 15 is 0 Å². The van der Waals surface area contributed by atoms with E-state index in [4.69, 9.17) is 11.6 Å². The molecule has 1 heterocycles. The van der Waals surface area contributed by atoms with Crippen LogP contribution in [0.5, 0.6) is 5.75 Å². The summed E-state index contributed by atoms with van der Waals surface area (Å²) in [5.74, 6) is 0.341. The predicted molar refractivity (Wildman–Crippen MR) is 109 cm³/mol. The Morgan fingerprint density at radius 3 is 2.58 bits per heavy atom. The number of aromatic hydroxyl groups is 1. The van der Waals surface area contributed by atoms with E-state index in [0.717, 1.165) is 52.0 Å². The van der Waals surface area contributed by atoms with Crippen LogP contribution in [0.2, 0.25) is 5.02 Å². The van der Waals surface area contributed by atoms with Crippen molar-refractivity contribution in [1.82, 2.24) is 4.98 Å². The Morgan fingerprint density at radius 2 is 1.85 bits per heavy atom. The van der Waals surface area contributed by atoms with Crippen LogP contribution in [0.25, 0.3) is 10.9 Å². The second-order valence-corrected chi connectivity index (χ2v) is 7.33. The molecule has 0 aliphatic carbocycles. The minimum Gasteiger partial charge on any atom is -0.507 e. The molecule has 0 bridgehead atoms. The molecular weight excluding hydrogens is 346 g/mol. The summed E-state index contributed by atoms with van der Waals surface area (Å²) >= 11 is 6.07. The van der Waals surface area contributed by atoms with Gasteiger partial charge in [0.1, 0.15) is 12.3 Å². The number of halogens is 1. The lowest BCUT2D eigenvalue weighted by molar-refractivity contribution is -0.919. The average molecular weight is 371 g/mol. The molecule has 0 amide bonds. The van der Waals surface area contributed by atoms with Crippen LogP contribution in [-0.2, 0) is 6.54 Å². The zero-order valence-corrected chi connectivity index (χ0v) is 16.2. The zero-order valence-electron chi connectivity index (χ0n) is 15.5. The molecule has 0 saturated heterocycles. The van der Waals surface area contributed by atoms with Crippen molar-refractivity contribution in [2.45, 2.75) is 20.4 Å². The van der Waals surface area contributed by atoms with Gasteiger partial charge in [0.2, 0.25) is 0 Å². The molecule has 0 atom stereocenters. The number of benzene rings is 2. The van der Waals surface area contributed by atoms with E-state index in [9.17, 15) is 5.11 Å². The van der Waals surface area contributed by atoms with Crippen LogP contribution in [0.15, 0.2) is 48.7 Å². The number of hydrogen-bond donors (Lipinski definition) is 2. The molecule has 3 aromatic rings. The molecule has 2 N–H and O–H groups in total. The summed E-state index contributed by atoms with van der Waals surface area (Å²) in [6, 6.07) is 13.3. The van der Waals surface area contributed by atoms with Gasteiger partial charge in [-0.15, -0.1) is 0 Å². The number of hydrogen-bond acceptors (Lipinski definition) is 3. The number of nitrogens with zero attached hydrogens (tertiary/aromatic N) is 2. The standard InChI is InChI=1S/C21H24ClN3O/c1-4-25(3,5-2)14-15-12-17(7-9-21(15)26)24-19-10-11-23-20-13-16(22)6-8-18(19)20/h6-13H,4-5,14H2,1-3H3,(H-,23,24,26)/p+1. The second kappa shape index (κ2) is 7.52. The van der Waals surface area contributed by atoms with Crippen molar-refractivity contribution in [2.24, 2.45) is 0 Å². The molecule has 0 radical (unpaired) electrons. The number of pyridine rings is 1. The van der Waals surface area contributed by atoms with Crippen molar-refractivity contribution in [3.63, 3.8) is 0 Å². The lowest BCUT2D eigenvalue weighted by atomic mass is 10.1. The van der Waals surface area contributed by atoms with Gasteiger partial charge in [0.15, 0.2) is 0 Å². The Hall–Kier alpha value is -2.30. The lowest BCUT2D eigenvalue weighted by Gasteiger charge is -2.32. The lowest BCUT2D eigenvalue weighted by Crippen LogP contribution is -2.42. The summed E-state index contributed by atoms with van der Waals surface area (Å²) in [6.07, 6.45) is 1.77. The van der Waals surface area contributed by atoms with Gasteiger partial charge < -0.3 is 14.9 Å². The minimum atomic E-state index is 0.341. The number of aromatic nitrogens is 1. The topological polar surface area (TPSA) is 45.2 Å². The van der Waals surface area contributed by atoms with Crippen LogP contribution in [0.4, 0.5) is 11.4 Å². The third-order valence-electron chi connectivity index (χ3n) is 5.14. The number of nitrogens with one attached hydrogen (secondary N) is 1. The van der Waals surface area contributed by atoms with Crippen molar-refractivity contribution in [3.8, 4) is 5.75 Å². The van der Waals surface area contributed by atoms with E-state index in [1.54, 1.807) is 12.3 Å². The monoisotopic (exact) mass is 370 g/mol. The van der Waals surface area contributed by atoms with Gasteiger partial charge in [0.05, 0.1) is 31.2 Å². The Balaban J connectivity index is 1.93. The largest absolute Gasteiger partial charge is 0.507 e. The van der Waals surface area contributed by atoms with Crippen molar-refractivity contribution < 1.29 is 9.59 Å². The first-order chi connectivity index (χ1) is 12.4.